The van der Waals surface area contributed by atoms with Gasteiger partial charge in [0, 0.05) is 0 Å². The number of hydrogen-bond donors (Lipinski definition) is 2. The Morgan fingerprint density at radius 3 is 2.82 bits per heavy atom. The number of anilines is 2. The third-order valence-electron chi connectivity index (χ3n) is 4.06. The number of aryl methyl sites for hydroxylation is 1. The zero-order chi connectivity index (χ0) is 15.9. The second kappa shape index (κ2) is 5.51. The molecule has 3 N–H and O–H groups in total. The molecule has 1 unspecified atom stereocenters. The van der Waals surface area contributed by atoms with Crippen LogP contribution in [0.2, 0.25) is 0 Å². The van der Waals surface area contributed by atoms with Crippen LogP contribution in [0.25, 0.3) is 0 Å². The summed E-state index contributed by atoms with van der Waals surface area (Å²) in [5, 5.41) is 3.30. The first-order valence-electron chi connectivity index (χ1n) is 7.45. The number of nitrogens with one attached hydrogen (secondary N) is 1. The van der Waals surface area contributed by atoms with Crippen LogP contribution in [0.4, 0.5) is 16.3 Å². The first kappa shape index (κ1) is 14.7. The lowest BCUT2D eigenvalue weighted by molar-refractivity contribution is 0.356. The number of halogens is 1. The van der Waals surface area contributed by atoms with Crippen molar-refractivity contribution in [1.29, 1.82) is 0 Å². The van der Waals surface area contributed by atoms with E-state index < -0.39 is 6.17 Å². The Morgan fingerprint density at radius 1 is 1.32 bits per heavy atom. The predicted octanol–water partition coefficient (Wildman–Crippen LogP) is 3.14. The highest BCUT2D eigenvalue weighted by atomic mass is 19.1. The molecule has 0 saturated heterocycles. The number of alkyl halides is 1. The molecule has 0 radical (unpaired) electrons. The van der Waals surface area contributed by atoms with E-state index in [-0.39, 0.29) is 17.8 Å². The minimum atomic E-state index is -1.28. The van der Waals surface area contributed by atoms with Crippen molar-refractivity contribution in [2.24, 2.45) is 5.92 Å². The van der Waals surface area contributed by atoms with Crippen LogP contribution in [0.3, 0.4) is 0 Å². The molecule has 0 fully saturated rings. The van der Waals surface area contributed by atoms with Gasteiger partial charge in [-0.25, -0.2) is 4.39 Å². The fourth-order valence-electron chi connectivity index (χ4n) is 2.97. The molecule has 1 aliphatic carbocycles. The van der Waals surface area contributed by atoms with Gasteiger partial charge in [0.1, 0.15) is 0 Å². The molecule has 6 heteroatoms. The molecule has 0 aliphatic heterocycles. The van der Waals surface area contributed by atoms with E-state index in [1.54, 1.807) is 0 Å². The molecule has 0 bridgehead atoms. The van der Waals surface area contributed by atoms with Crippen LogP contribution in [0.1, 0.15) is 48.6 Å². The minimum absolute atomic E-state index is 0.0344. The number of nitrogens with two attached hydrogens (primary N) is 1. The topological polar surface area (TPSA) is 76.7 Å². The molecule has 0 spiro atoms. The molecular formula is C16H20FN5. The fraction of sp³-hybridized carbons (Fsp3) is 0.438. The number of hydrogen-bond acceptors (Lipinski definition) is 5. The first-order valence-corrected chi connectivity index (χ1v) is 7.45. The van der Waals surface area contributed by atoms with E-state index in [2.05, 4.69) is 52.3 Å². The average Bonchev–Trinajstić information content (AvgIpc) is 2.74. The van der Waals surface area contributed by atoms with Crippen molar-refractivity contribution < 1.29 is 4.39 Å². The van der Waals surface area contributed by atoms with Gasteiger partial charge in [0.05, 0.1) is 6.04 Å². The lowest BCUT2D eigenvalue weighted by atomic mass is 10.0. The van der Waals surface area contributed by atoms with Crippen LogP contribution in [0.5, 0.6) is 0 Å². The summed E-state index contributed by atoms with van der Waals surface area (Å²) in [5.41, 5.74) is 9.45. The summed E-state index contributed by atoms with van der Waals surface area (Å²) < 4.78 is 13.4. The highest BCUT2D eigenvalue weighted by Gasteiger charge is 2.30. The summed E-state index contributed by atoms with van der Waals surface area (Å²) in [6, 6.07) is 6.57. The molecule has 116 valence electrons. The molecule has 1 aromatic heterocycles. The van der Waals surface area contributed by atoms with Gasteiger partial charge in [-0.05, 0) is 37.3 Å². The van der Waals surface area contributed by atoms with Crippen molar-refractivity contribution in [2.45, 2.75) is 39.4 Å². The molecule has 2 aromatic rings. The molecule has 1 aromatic carbocycles. The van der Waals surface area contributed by atoms with Crippen molar-refractivity contribution in [1.82, 2.24) is 15.0 Å². The monoisotopic (exact) mass is 301 g/mol. The number of aromatic nitrogens is 3. The number of nitrogens with zero attached hydrogens (tertiary/aromatic N) is 3. The predicted molar refractivity (Wildman–Crippen MR) is 84.2 cm³/mol. The van der Waals surface area contributed by atoms with Crippen molar-refractivity contribution >= 4 is 11.9 Å². The van der Waals surface area contributed by atoms with E-state index >= 15 is 0 Å². The molecule has 3 rings (SSSR count). The molecule has 1 heterocycles. The Balaban J connectivity index is 1.92. The van der Waals surface area contributed by atoms with Crippen molar-refractivity contribution in [3.63, 3.8) is 0 Å². The summed E-state index contributed by atoms with van der Waals surface area (Å²) in [6.45, 7) is 5.63. The smallest absolute Gasteiger partial charge is 0.228 e. The summed E-state index contributed by atoms with van der Waals surface area (Å²) in [6.07, 6.45) is -0.276. The van der Waals surface area contributed by atoms with Gasteiger partial charge in [0.25, 0.3) is 0 Å². The molecule has 0 saturated carbocycles. The molecular weight excluding hydrogens is 281 g/mol. The number of rotatable bonds is 3. The van der Waals surface area contributed by atoms with E-state index in [1.165, 1.54) is 23.6 Å². The quantitative estimate of drug-likeness (QED) is 0.910. The van der Waals surface area contributed by atoms with Gasteiger partial charge in [0.2, 0.25) is 11.9 Å². The van der Waals surface area contributed by atoms with E-state index in [9.17, 15) is 4.39 Å². The Morgan fingerprint density at radius 2 is 2.09 bits per heavy atom. The normalized spacial score (nSPS) is 21.5. The lowest BCUT2D eigenvalue weighted by Gasteiger charge is -2.19. The highest BCUT2D eigenvalue weighted by molar-refractivity contribution is 5.44. The molecule has 1 aliphatic rings. The molecule has 22 heavy (non-hydrogen) atoms. The van der Waals surface area contributed by atoms with E-state index in [4.69, 9.17) is 5.73 Å². The van der Waals surface area contributed by atoms with E-state index in [0.29, 0.717) is 11.9 Å². The maximum atomic E-state index is 13.4. The van der Waals surface area contributed by atoms with Crippen LogP contribution in [-0.2, 0) is 6.42 Å². The standard InChI is InChI=1S/C16H20FN5/c1-8-4-5-11-7-9(2)13(12(11)6-8)19-16-21-14(10(3)17)20-15(18)22-16/h4-6,9-10,13H,7H2,1-3H3,(H3,18,19,20,21,22)/t9-,10?,13+/m0/s1. The Hall–Kier alpha value is -2.24. The van der Waals surface area contributed by atoms with Gasteiger partial charge in [-0.15, -0.1) is 0 Å². The maximum absolute atomic E-state index is 13.4. The largest absolute Gasteiger partial charge is 0.368 e. The number of benzene rings is 1. The third kappa shape index (κ3) is 2.73. The highest BCUT2D eigenvalue weighted by Crippen LogP contribution is 2.38. The fourth-order valence-corrected chi connectivity index (χ4v) is 2.97. The van der Waals surface area contributed by atoms with Crippen LogP contribution in [0.15, 0.2) is 18.2 Å². The second-order valence-electron chi connectivity index (χ2n) is 6.00. The minimum Gasteiger partial charge on any atom is -0.368 e. The third-order valence-corrected chi connectivity index (χ3v) is 4.06. The van der Waals surface area contributed by atoms with Crippen molar-refractivity contribution in [3.05, 3.63) is 40.7 Å². The summed E-state index contributed by atoms with van der Waals surface area (Å²) in [5.74, 6) is 0.830. The van der Waals surface area contributed by atoms with Crippen LogP contribution >= 0.6 is 0 Å². The van der Waals surface area contributed by atoms with Gasteiger partial charge < -0.3 is 11.1 Å². The Bertz CT molecular complexity index is 701. The van der Waals surface area contributed by atoms with Gasteiger partial charge in [-0.1, -0.05) is 30.7 Å². The van der Waals surface area contributed by atoms with Crippen LogP contribution < -0.4 is 11.1 Å². The van der Waals surface area contributed by atoms with Crippen LogP contribution in [0, 0.1) is 12.8 Å². The summed E-state index contributed by atoms with van der Waals surface area (Å²) in [4.78, 5) is 12.1. The van der Waals surface area contributed by atoms with Crippen LogP contribution in [-0.4, -0.2) is 15.0 Å². The van der Waals surface area contributed by atoms with Crippen molar-refractivity contribution in [2.75, 3.05) is 11.1 Å². The van der Waals surface area contributed by atoms with Gasteiger partial charge in [0.15, 0.2) is 12.0 Å². The Kier molecular flexibility index (Phi) is 3.68. The van der Waals surface area contributed by atoms with Gasteiger partial charge in [-0.3, -0.25) is 0 Å². The van der Waals surface area contributed by atoms with Crippen molar-refractivity contribution in [3.8, 4) is 0 Å². The number of fused-ring (bicyclic) bond motifs is 1. The first-order chi connectivity index (χ1) is 10.4. The second-order valence-corrected chi connectivity index (χ2v) is 6.00. The van der Waals surface area contributed by atoms with E-state index in [0.717, 1.165) is 6.42 Å². The SMILES string of the molecule is Cc1ccc2c(c1)[C@H](Nc1nc(N)nc(C(C)F)n1)[C@@H](C)C2. The van der Waals surface area contributed by atoms with Gasteiger partial charge in [-0.2, -0.15) is 15.0 Å². The summed E-state index contributed by atoms with van der Waals surface area (Å²) in [7, 11) is 0. The van der Waals surface area contributed by atoms with Gasteiger partial charge >= 0.3 is 0 Å². The summed E-state index contributed by atoms with van der Waals surface area (Å²) >= 11 is 0. The maximum Gasteiger partial charge on any atom is 0.228 e. The zero-order valence-electron chi connectivity index (χ0n) is 13.0. The van der Waals surface area contributed by atoms with E-state index in [1.807, 2.05) is 0 Å². The molecule has 3 atom stereocenters. The molecule has 0 amide bonds. The lowest BCUT2D eigenvalue weighted by Crippen LogP contribution is -2.18. The molecule has 5 nitrogen and oxygen atoms in total. The Labute approximate surface area is 129 Å². The zero-order valence-corrected chi connectivity index (χ0v) is 13.0. The average molecular weight is 301 g/mol. The number of nitrogen functional groups attached to an aromatic ring is 1.